The molecule has 0 unspecified atom stereocenters. The van der Waals surface area contributed by atoms with Crippen LogP contribution in [-0.4, -0.2) is 0 Å². The van der Waals surface area contributed by atoms with E-state index in [9.17, 15) is 0 Å². The molecule has 0 saturated heterocycles. The Labute approximate surface area is 324 Å². The van der Waals surface area contributed by atoms with Crippen molar-refractivity contribution < 1.29 is 8.83 Å². The predicted octanol–water partition coefficient (Wildman–Crippen LogP) is 15.3. The SMILES string of the molecule is Cc1cccc(N(c2ccccc2)c2ccc3cc4c(cc3c2)oc2cc3c(cc24)oc2cc4cc(N(c5ccccc5)c5cccc(C)c5)ccc4cc23)c1. The van der Waals surface area contributed by atoms with Gasteiger partial charge in [0.15, 0.2) is 0 Å². The number of hydrogen-bond donors (Lipinski definition) is 0. The molecular formula is C52H36N2O2. The largest absolute Gasteiger partial charge is 0.456 e. The number of nitrogens with zero attached hydrogens (tertiary/aromatic N) is 2. The molecule has 0 radical (unpaired) electrons. The van der Waals surface area contributed by atoms with Gasteiger partial charge in [0.2, 0.25) is 0 Å². The van der Waals surface area contributed by atoms with Crippen LogP contribution in [0.5, 0.6) is 0 Å². The normalized spacial score (nSPS) is 11.8. The number of anilines is 6. The van der Waals surface area contributed by atoms with E-state index < -0.39 is 0 Å². The zero-order chi connectivity index (χ0) is 37.3. The molecule has 0 saturated carbocycles. The van der Waals surface area contributed by atoms with Crippen molar-refractivity contribution in [1.29, 1.82) is 0 Å². The van der Waals surface area contributed by atoms with Crippen molar-refractivity contribution in [3.63, 3.8) is 0 Å². The molecule has 0 fully saturated rings. The van der Waals surface area contributed by atoms with Crippen molar-refractivity contribution in [2.75, 3.05) is 9.80 Å². The highest BCUT2D eigenvalue weighted by molar-refractivity contribution is 6.18. The summed E-state index contributed by atoms with van der Waals surface area (Å²) in [4.78, 5) is 4.62. The van der Waals surface area contributed by atoms with Crippen molar-refractivity contribution >= 4 is 99.5 Å². The van der Waals surface area contributed by atoms with Gasteiger partial charge < -0.3 is 18.6 Å². The fourth-order valence-corrected chi connectivity index (χ4v) is 8.37. The minimum Gasteiger partial charge on any atom is -0.456 e. The molecule has 9 aromatic carbocycles. The number of aryl methyl sites for hydroxylation is 2. The molecule has 0 N–H and O–H groups in total. The third-order valence-electron chi connectivity index (χ3n) is 11.0. The van der Waals surface area contributed by atoms with Gasteiger partial charge in [-0.15, -0.1) is 0 Å². The lowest BCUT2D eigenvalue weighted by molar-refractivity contribution is 0.664. The van der Waals surface area contributed by atoms with Crippen molar-refractivity contribution in [1.82, 2.24) is 0 Å². The van der Waals surface area contributed by atoms with E-state index >= 15 is 0 Å². The third-order valence-corrected chi connectivity index (χ3v) is 11.0. The molecule has 0 amide bonds. The molecule has 11 rings (SSSR count). The van der Waals surface area contributed by atoms with E-state index in [4.69, 9.17) is 8.83 Å². The fourth-order valence-electron chi connectivity index (χ4n) is 8.37. The highest BCUT2D eigenvalue weighted by atomic mass is 16.3. The van der Waals surface area contributed by atoms with Gasteiger partial charge in [-0.1, -0.05) is 72.8 Å². The maximum absolute atomic E-state index is 6.63. The average Bonchev–Trinajstić information content (AvgIpc) is 3.75. The highest BCUT2D eigenvalue weighted by Crippen LogP contribution is 2.42. The Morgan fingerprint density at radius 3 is 1.09 bits per heavy atom. The second-order valence-corrected chi connectivity index (χ2v) is 14.8. The summed E-state index contributed by atoms with van der Waals surface area (Å²) in [6.07, 6.45) is 0. The van der Waals surface area contributed by atoms with Crippen LogP contribution in [0.25, 0.3) is 65.4 Å². The van der Waals surface area contributed by atoms with Crippen molar-refractivity contribution in [3.05, 3.63) is 193 Å². The van der Waals surface area contributed by atoms with Crippen LogP contribution >= 0.6 is 0 Å². The predicted molar refractivity (Wildman–Crippen MR) is 235 cm³/mol. The molecule has 4 nitrogen and oxygen atoms in total. The van der Waals surface area contributed by atoms with Gasteiger partial charge >= 0.3 is 0 Å². The molecule has 2 aromatic heterocycles. The molecule has 2 heterocycles. The standard InChI is InChI=1S/C52H36N2O2/c1-33-11-9-17-41(23-33)53(39-13-5-3-6-14-39)43-21-19-35-27-45-47-31-52-48(32-51(47)55-49(45)29-37(35)25-43)46-28-36-20-22-44(26-38(36)30-50(46)56-52)54(40-15-7-4-8-16-40)42-18-10-12-34(2)24-42/h3-32H,1-2H3. The van der Waals surface area contributed by atoms with Crippen LogP contribution < -0.4 is 9.80 Å². The highest BCUT2D eigenvalue weighted by Gasteiger charge is 2.18. The van der Waals surface area contributed by atoms with Crippen LogP contribution in [0.3, 0.4) is 0 Å². The monoisotopic (exact) mass is 720 g/mol. The number of fused-ring (bicyclic) bond motifs is 8. The molecule has 0 spiro atoms. The number of rotatable bonds is 6. The van der Waals surface area contributed by atoms with E-state index in [1.54, 1.807) is 0 Å². The van der Waals surface area contributed by atoms with E-state index in [0.717, 1.165) is 99.5 Å². The Bertz CT molecular complexity index is 3060. The average molecular weight is 721 g/mol. The third kappa shape index (κ3) is 5.38. The maximum Gasteiger partial charge on any atom is 0.136 e. The summed E-state index contributed by atoms with van der Waals surface area (Å²) in [5, 5.41) is 8.80. The van der Waals surface area contributed by atoms with E-state index in [1.165, 1.54) is 11.1 Å². The quantitative estimate of drug-likeness (QED) is 0.171. The molecule has 0 atom stereocenters. The minimum atomic E-state index is 0.850. The summed E-state index contributed by atoms with van der Waals surface area (Å²) in [5.41, 5.74) is 12.5. The molecule has 0 aliphatic rings. The smallest absolute Gasteiger partial charge is 0.136 e. The molecule has 0 aliphatic heterocycles. The lowest BCUT2D eigenvalue weighted by Gasteiger charge is -2.26. The second kappa shape index (κ2) is 12.6. The van der Waals surface area contributed by atoms with Gasteiger partial charge in [0, 0.05) is 55.7 Å². The van der Waals surface area contributed by atoms with Crippen LogP contribution in [0.15, 0.2) is 191 Å². The van der Waals surface area contributed by atoms with E-state index in [0.29, 0.717) is 0 Å². The van der Waals surface area contributed by atoms with Crippen LogP contribution in [0.1, 0.15) is 11.1 Å². The summed E-state index contributed by atoms with van der Waals surface area (Å²) in [7, 11) is 0. The number of furan rings is 2. The molecule has 0 aliphatic carbocycles. The lowest BCUT2D eigenvalue weighted by atomic mass is 10.0. The van der Waals surface area contributed by atoms with Crippen LogP contribution in [0, 0.1) is 13.8 Å². The fraction of sp³-hybridized carbons (Fsp3) is 0.0385. The zero-order valence-electron chi connectivity index (χ0n) is 31.0. The summed E-state index contributed by atoms with van der Waals surface area (Å²) >= 11 is 0. The van der Waals surface area contributed by atoms with Gasteiger partial charge in [-0.2, -0.15) is 0 Å². The first kappa shape index (κ1) is 32.2. The van der Waals surface area contributed by atoms with Crippen molar-refractivity contribution in [3.8, 4) is 0 Å². The minimum absolute atomic E-state index is 0.850. The van der Waals surface area contributed by atoms with Gasteiger partial charge in [-0.05, 0) is 156 Å². The Hall–Kier alpha value is -7.30. The van der Waals surface area contributed by atoms with Gasteiger partial charge in [-0.25, -0.2) is 0 Å². The molecule has 4 heteroatoms. The van der Waals surface area contributed by atoms with Gasteiger partial charge in [-0.3, -0.25) is 0 Å². The van der Waals surface area contributed by atoms with Crippen LogP contribution in [0.4, 0.5) is 34.1 Å². The first-order valence-electron chi connectivity index (χ1n) is 19.1. The molecular weight excluding hydrogens is 685 g/mol. The van der Waals surface area contributed by atoms with Gasteiger partial charge in [0.1, 0.15) is 22.3 Å². The zero-order valence-corrected chi connectivity index (χ0v) is 31.0. The lowest BCUT2D eigenvalue weighted by Crippen LogP contribution is -2.09. The summed E-state index contributed by atoms with van der Waals surface area (Å²) in [6.45, 7) is 4.27. The first-order valence-corrected chi connectivity index (χ1v) is 19.1. The first-order chi connectivity index (χ1) is 27.5. The van der Waals surface area contributed by atoms with E-state index in [-0.39, 0.29) is 0 Å². The van der Waals surface area contributed by atoms with E-state index in [1.807, 2.05) is 0 Å². The topological polar surface area (TPSA) is 32.8 Å². The van der Waals surface area contributed by atoms with Crippen molar-refractivity contribution in [2.24, 2.45) is 0 Å². The second-order valence-electron chi connectivity index (χ2n) is 14.8. The molecule has 0 bridgehead atoms. The summed E-state index contributed by atoms with van der Waals surface area (Å²) in [5.74, 6) is 0. The number of para-hydroxylation sites is 2. The van der Waals surface area contributed by atoms with Crippen LogP contribution in [0.2, 0.25) is 0 Å². The van der Waals surface area contributed by atoms with Crippen molar-refractivity contribution in [2.45, 2.75) is 13.8 Å². The van der Waals surface area contributed by atoms with Gasteiger partial charge in [0.25, 0.3) is 0 Å². The number of hydrogen-bond acceptors (Lipinski definition) is 4. The molecule has 266 valence electrons. The molecule has 56 heavy (non-hydrogen) atoms. The summed E-state index contributed by atoms with van der Waals surface area (Å²) < 4.78 is 13.3. The van der Waals surface area contributed by atoms with Gasteiger partial charge in [0.05, 0.1) is 0 Å². The Morgan fingerprint density at radius 1 is 0.286 bits per heavy atom. The Morgan fingerprint density at radius 2 is 0.661 bits per heavy atom. The van der Waals surface area contributed by atoms with E-state index in [2.05, 4.69) is 206 Å². The summed E-state index contributed by atoms with van der Waals surface area (Å²) in [6, 6.07) is 64.9. The Kier molecular flexibility index (Phi) is 7.26. The Balaban J connectivity index is 1.01. The van der Waals surface area contributed by atoms with Crippen LogP contribution in [-0.2, 0) is 0 Å². The number of benzene rings is 9. The molecule has 11 aromatic rings. The maximum atomic E-state index is 6.63.